The average Bonchev–Trinajstić information content (AvgIpc) is 3.02. The molecule has 10 heteroatoms. The quantitative estimate of drug-likeness (QED) is 0.371. The van der Waals surface area contributed by atoms with Crippen LogP contribution in [-0.4, -0.2) is 106 Å². The van der Waals surface area contributed by atoms with Crippen LogP contribution in [0.1, 0.15) is 91.9 Å². The number of carbonyl (C=O) groups is 2. The summed E-state index contributed by atoms with van der Waals surface area (Å²) in [6.45, 7) is 14.9. The lowest BCUT2D eigenvalue weighted by Crippen LogP contribution is -2.56. The van der Waals surface area contributed by atoms with Crippen molar-refractivity contribution < 1.29 is 22.7 Å². The van der Waals surface area contributed by atoms with E-state index in [0.717, 1.165) is 64.6 Å². The lowest BCUT2D eigenvalue weighted by atomic mass is 9.63. The highest BCUT2D eigenvalue weighted by atomic mass is 32.2. The second kappa shape index (κ2) is 15.8. The van der Waals surface area contributed by atoms with Crippen molar-refractivity contribution in [2.75, 3.05) is 57.4 Å². The molecule has 2 N–H and O–H groups in total. The third-order valence-corrected chi connectivity index (χ3v) is 14.3. The largest absolute Gasteiger partial charge is 0.379 e. The van der Waals surface area contributed by atoms with Crippen LogP contribution >= 0.6 is 0 Å². The zero-order valence-corrected chi connectivity index (χ0v) is 29.4. The summed E-state index contributed by atoms with van der Waals surface area (Å²) in [4.78, 5) is 32.0. The summed E-state index contributed by atoms with van der Waals surface area (Å²) >= 11 is 0. The SMILES string of the molecule is CCN(C1CCS(=O)(=O)CC1)C1CC(C2CCCC(CCN3CCOCC3)C2)CC(C(=O)NCC2C(=O)NC(C)CC2C)C1C. The topological polar surface area (TPSA) is 108 Å². The van der Waals surface area contributed by atoms with Crippen molar-refractivity contribution in [3.63, 3.8) is 0 Å². The highest BCUT2D eigenvalue weighted by Crippen LogP contribution is 2.46. The van der Waals surface area contributed by atoms with E-state index in [0.29, 0.717) is 31.2 Å². The van der Waals surface area contributed by atoms with Crippen LogP contribution in [0.3, 0.4) is 0 Å². The minimum atomic E-state index is -2.94. The fourth-order valence-corrected chi connectivity index (χ4v) is 11.3. The summed E-state index contributed by atoms with van der Waals surface area (Å²) in [5.41, 5.74) is 0. The van der Waals surface area contributed by atoms with Crippen molar-refractivity contribution in [2.24, 2.45) is 41.4 Å². The third-order valence-electron chi connectivity index (χ3n) is 12.5. The zero-order valence-electron chi connectivity index (χ0n) is 28.6. The Morgan fingerprint density at radius 2 is 1.73 bits per heavy atom. The summed E-state index contributed by atoms with van der Waals surface area (Å²) in [5.74, 6) is 2.74. The van der Waals surface area contributed by atoms with Gasteiger partial charge in [0.2, 0.25) is 11.8 Å². The van der Waals surface area contributed by atoms with Crippen molar-refractivity contribution in [2.45, 2.75) is 110 Å². The third kappa shape index (κ3) is 9.02. The maximum absolute atomic E-state index is 14.1. The van der Waals surface area contributed by atoms with Gasteiger partial charge in [-0.1, -0.05) is 40.0 Å². The van der Waals surface area contributed by atoms with E-state index in [1.165, 1.54) is 32.1 Å². The van der Waals surface area contributed by atoms with Gasteiger partial charge in [0.05, 0.1) is 30.6 Å². The molecule has 0 aromatic heterocycles. The second-order valence-corrected chi connectivity index (χ2v) is 17.8. The lowest BCUT2D eigenvalue weighted by Gasteiger charge is -2.50. The van der Waals surface area contributed by atoms with Gasteiger partial charge in [-0.15, -0.1) is 0 Å². The van der Waals surface area contributed by atoms with Crippen LogP contribution < -0.4 is 10.6 Å². The Balaban J connectivity index is 1.28. The van der Waals surface area contributed by atoms with Gasteiger partial charge in [0, 0.05) is 43.7 Å². The molecule has 3 saturated heterocycles. The van der Waals surface area contributed by atoms with Gasteiger partial charge < -0.3 is 15.4 Å². The minimum Gasteiger partial charge on any atom is -0.379 e. The number of rotatable bonds is 10. The van der Waals surface area contributed by atoms with Crippen molar-refractivity contribution in [1.29, 1.82) is 0 Å². The molecule has 3 heterocycles. The summed E-state index contributed by atoms with van der Waals surface area (Å²) in [6.07, 6.45) is 10.7. The summed E-state index contributed by atoms with van der Waals surface area (Å²) < 4.78 is 30.1. The van der Waals surface area contributed by atoms with Crippen LogP contribution in [0.5, 0.6) is 0 Å². The number of morpholine rings is 1. The molecule has 5 aliphatic rings. The molecule has 45 heavy (non-hydrogen) atoms. The van der Waals surface area contributed by atoms with E-state index in [2.05, 4.69) is 41.2 Å². The molecular weight excluding hydrogens is 588 g/mol. The molecular formula is C35H62N4O5S. The summed E-state index contributed by atoms with van der Waals surface area (Å²) in [6, 6.07) is 0.707. The molecule has 2 saturated carbocycles. The average molecular weight is 651 g/mol. The van der Waals surface area contributed by atoms with Gasteiger partial charge in [-0.05, 0) is 94.5 Å². The number of ether oxygens (including phenoxy) is 1. The molecule has 2 amide bonds. The first kappa shape index (κ1) is 35.1. The number of piperidine rings is 1. The van der Waals surface area contributed by atoms with Gasteiger partial charge in [-0.3, -0.25) is 19.4 Å². The van der Waals surface area contributed by atoms with Crippen molar-refractivity contribution in [3.8, 4) is 0 Å². The van der Waals surface area contributed by atoms with Crippen LogP contribution in [0.2, 0.25) is 0 Å². The first-order valence-corrected chi connectivity index (χ1v) is 20.2. The Kier molecular flexibility index (Phi) is 12.3. The van der Waals surface area contributed by atoms with E-state index in [1.54, 1.807) is 0 Å². The molecule has 5 fully saturated rings. The Morgan fingerprint density at radius 1 is 1.00 bits per heavy atom. The first-order valence-electron chi connectivity index (χ1n) is 18.4. The molecule has 3 aliphatic heterocycles. The fourth-order valence-electron chi connectivity index (χ4n) is 9.81. The Morgan fingerprint density at radius 3 is 2.42 bits per heavy atom. The van der Waals surface area contributed by atoms with Crippen LogP contribution in [0.15, 0.2) is 0 Å². The molecule has 0 spiro atoms. The van der Waals surface area contributed by atoms with Crippen LogP contribution in [0, 0.1) is 41.4 Å². The van der Waals surface area contributed by atoms with E-state index < -0.39 is 9.84 Å². The van der Waals surface area contributed by atoms with E-state index >= 15 is 0 Å². The Bertz CT molecular complexity index is 1080. The smallest absolute Gasteiger partial charge is 0.225 e. The predicted octanol–water partition coefficient (Wildman–Crippen LogP) is 3.72. The molecule has 9 atom stereocenters. The van der Waals surface area contributed by atoms with E-state index in [1.807, 2.05) is 6.92 Å². The molecule has 258 valence electrons. The first-order chi connectivity index (χ1) is 21.5. The zero-order chi connectivity index (χ0) is 32.1. The van der Waals surface area contributed by atoms with Crippen molar-refractivity contribution in [1.82, 2.24) is 20.4 Å². The van der Waals surface area contributed by atoms with Crippen LogP contribution in [-0.2, 0) is 24.2 Å². The molecule has 0 aromatic carbocycles. The van der Waals surface area contributed by atoms with E-state index in [-0.39, 0.29) is 65.1 Å². The standard InChI is InChI=1S/C35H62N4O5S/c1-5-39(30-10-17-45(42,43)18-11-30)33-22-29(28-8-6-7-27(20-28)9-12-38-13-15-44-16-14-38)21-31(26(33)4)34(40)36-23-32-24(2)19-25(3)37-35(32)41/h24-33H,5-23H2,1-4H3,(H,36,40)(H,37,41). The van der Waals surface area contributed by atoms with Crippen molar-refractivity contribution >= 4 is 21.7 Å². The molecule has 0 radical (unpaired) electrons. The number of hydrogen-bond acceptors (Lipinski definition) is 7. The Labute approximate surface area is 273 Å². The highest BCUT2D eigenvalue weighted by Gasteiger charge is 2.46. The van der Waals surface area contributed by atoms with Gasteiger partial charge in [-0.2, -0.15) is 0 Å². The van der Waals surface area contributed by atoms with Gasteiger partial charge in [0.15, 0.2) is 0 Å². The number of amides is 2. The predicted molar refractivity (Wildman–Crippen MR) is 178 cm³/mol. The lowest BCUT2D eigenvalue weighted by molar-refractivity contribution is -0.133. The molecule has 9 nitrogen and oxygen atoms in total. The maximum atomic E-state index is 14.1. The Hall–Kier alpha value is -1.23. The number of hydrogen-bond donors (Lipinski definition) is 2. The van der Waals surface area contributed by atoms with E-state index in [4.69, 9.17) is 4.74 Å². The fraction of sp³-hybridized carbons (Fsp3) is 0.943. The minimum absolute atomic E-state index is 0.0590. The second-order valence-electron chi connectivity index (χ2n) is 15.5. The number of sulfone groups is 1. The molecule has 2 aliphatic carbocycles. The monoisotopic (exact) mass is 650 g/mol. The van der Waals surface area contributed by atoms with Gasteiger partial charge in [0.1, 0.15) is 9.84 Å². The number of carbonyl (C=O) groups excluding carboxylic acids is 2. The normalized spacial score (nSPS) is 38.5. The summed E-state index contributed by atoms with van der Waals surface area (Å²) in [7, 11) is -2.94. The molecule has 0 aromatic rings. The van der Waals surface area contributed by atoms with Gasteiger partial charge >= 0.3 is 0 Å². The van der Waals surface area contributed by atoms with Gasteiger partial charge in [0.25, 0.3) is 0 Å². The number of nitrogens with zero attached hydrogens (tertiary/aromatic N) is 2. The van der Waals surface area contributed by atoms with Crippen molar-refractivity contribution in [3.05, 3.63) is 0 Å². The van der Waals surface area contributed by atoms with Crippen LogP contribution in [0.4, 0.5) is 0 Å². The van der Waals surface area contributed by atoms with Gasteiger partial charge in [-0.25, -0.2) is 8.42 Å². The molecule has 5 rings (SSSR count). The summed E-state index contributed by atoms with van der Waals surface area (Å²) in [5, 5.41) is 6.35. The van der Waals surface area contributed by atoms with Crippen LogP contribution in [0.25, 0.3) is 0 Å². The highest BCUT2D eigenvalue weighted by molar-refractivity contribution is 7.91. The van der Waals surface area contributed by atoms with E-state index in [9.17, 15) is 18.0 Å². The molecule has 0 bridgehead atoms. The maximum Gasteiger partial charge on any atom is 0.225 e. The molecule has 9 unspecified atom stereocenters. The number of nitrogens with one attached hydrogen (secondary N) is 2.